The highest BCUT2D eigenvalue weighted by atomic mass is 32.2. The second-order valence-corrected chi connectivity index (χ2v) is 6.70. The van der Waals surface area contributed by atoms with Gasteiger partial charge in [-0.1, -0.05) is 12.1 Å². The first kappa shape index (κ1) is 16.5. The molecule has 8 heteroatoms. The van der Waals surface area contributed by atoms with Crippen molar-refractivity contribution in [3.8, 4) is 5.75 Å². The Labute approximate surface area is 131 Å². The Morgan fingerprint density at radius 2 is 1.52 bits per heavy atom. The van der Waals surface area contributed by atoms with Gasteiger partial charge >= 0.3 is 11.9 Å². The highest BCUT2D eigenvalue weighted by molar-refractivity contribution is 7.90. The molecule has 7 nitrogen and oxygen atoms in total. The molecule has 0 spiro atoms. The van der Waals surface area contributed by atoms with Crippen LogP contribution >= 0.6 is 0 Å². The smallest absolute Gasteiger partial charge is 0.337 e. The minimum atomic E-state index is -4.00. The fourth-order valence-electron chi connectivity index (χ4n) is 1.99. The molecule has 0 amide bonds. The highest BCUT2D eigenvalue weighted by Gasteiger charge is 2.24. The van der Waals surface area contributed by atoms with Crippen LogP contribution in [0.15, 0.2) is 47.4 Å². The number of carboxylic acids is 2. The third-order valence-corrected chi connectivity index (χ3v) is 4.82. The van der Waals surface area contributed by atoms with E-state index in [9.17, 15) is 23.1 Å². The van der Waals surface area contributed by atoms with E-state index in [1.165, 1.54) is 24.3 Å². The number of sulfone groups is 1. The molecule has 0 aliphatic rings. The summed E-state index contributed by atoms with van der Waals surface area (Å²) in [5, 5.41) is 27.2. The molecule has 0 aliphatic heterocycles. The SMILES string of the molecule is O=C(O)c1ccc(S(=O)(=O)Cc2ccc(O)cc2)c(C(=O)O)c1. The Morgan fingerprint density at radius 1 is 0.913 bits per heavy atom. The van der Waals surface area contributed by atoms with Gasteiger partial charge in [0.05, 0.1) is 21.8 Å². The Hall–Kier alpha value is -2.87. The summed E-state index contributed by atoms with van der Waals surface area (Å²) in [6.07, 6.45) is 0. The predicted octanol–water partition coefficient (Wildman–Crippen LogP) is 1.76. The summed E-state index contributed by atoms with van der Waals surface area (Å²) in [6.45, 7) is 0. The van der Waals surface area contributed by atoms with E-state index in [1.54, 1.807) is 0 Å². The van der Waals surface area contributed by atoms with Crippen molar-refractivity contribution in [1.29, 1.82) is 0 Å². The van der Waals surface area contributed by atoms with E-state index in [-0.39, 0.29) is 11.3 Å². The monoisotopic (exact) mass is 336 g/mol. The summed E-state index contributed by atoms with van der Waals surface area (Å²) in [5.41, 5.74) is -0.545. The molecule has 2 aromatic carbocycles. The number of hydrogen-bond acceptors (Lipinski definition) is 5. The lowest BCUT2D eigenvalue weighted by atomic mass is 10.1. The standard InChI is InChI=1S/C15H12O7S/c16-11-4-1-9(2-5-11)8-23(21,22)13-6-3-10(14(17)18)7-12(13)15(19)20/h1-7,16H,8H2,(H,17,18)(H,19,20). The molecule has 0 unspecified atom stereocenters. The zero-order valence-corrected chi connectivity index (χ0v) is 12.4. The summed E-state index contributed by atoms with van der Waals surface area (Å²) in [5.74, 6) is -3.38. The first-order valence-corrected chi connectivity index (χ1v) is 7.97. The van der Waals surface area contributed by atoms with Crippen LogP contribution in [0.5, 0.6) is 5.75 Å². The van der Waals surface area contributed by atoms with Gasteiger partial charge in [-0.25, -0.2) is 18.0 Å². The van der Waals surface area contributed by atoms with Crippen molar-refractivity contribution in [3.05, 3.63) is 59.2 Å². The van der Waals surface area contributed by atoms with E-state index < -0.39 is 38.0 Å². The number of aromatic carboxylic acids is 2. The molecule has 0 atom stereocenters. The Morgan fingerprint density at radius 3 is 2.04 bits per heavy atom. The summed E-state index contributed by atoms with van der Waals surface area (Å²) in [6, 6.07) is 8.26. The molecular formula is C15H12O7S. The van der Waals surface area contributed by atoms with Crippen molar-refractivity contribution in [3.63, 3.8) is 0 Å². The van der Waals surface area contributed by atoms with Crippen LogP contribution < -0.4 is 0 Å². The Bertz CT molecular complexity index is 867. The second kappa shape index (κ2) is 6.09. The molecule has 0 saturated carbocycles. The topological polar surface area (TPSA) is 129 Å². The number of carboxylic acid groups (broad SMARTS) is 2. The Kier molecular flexibility index (Phi) is 4.37. The molecule has 0 aliphatic carbocycles. The zero-order chi connectivity index (χ0) is 17.2. The number of aromatic hydroxyl groups is 1. The molecule has 0 heterocycles. The molecule has 2 rings (SSSR count). The third-order valence-electron chi connectivity index (χ3n) is 3.09. The van der Waals surface area contributed by atoms with Crippen molar-refractivity contribution in [2.24, 2.45) is 0 Å². The van der Waals surface area contributed by atoms with Crippen LogP contribution in [0.2, 0.25) is 0 Å². The maximum Gasteiger partial charge on any atom is 0.337 e. The molecular weight excluding hydrogens is 324 g/mol. The van der Waals surface area contributed by atoms with Gasteiger partial charge in [0.1, 0.15) is 5.75 Å². The number of hydrogen-bond donors (Lipinski definition) is 3. The predicted molar refractivity (Wildman–Crippen MR) is 79.4 cm³/mol. The van der Waals surface area contributed by atoms with Crippen molar-refractivity contribution in [2.45, 2.75) is 10.6 Å². The van der Waals surface area contributed by atoms with Crippen molar-refractivity contribution >= 4 is 21.8 Å². The van der Waals surface area contributed by atoms with Gasteiger partial charge in [-0.05, 0) is 35.9 Å². The van der Waals surface area contributed by atoms with E-state index in [2.05, 4.69) is 0 Å². The van der Waals surface area contributed by atoms with E-state index in [0.29, 0.717) is 5.56 Å². The normalized spacial score (nSPS) is 11.1. The van der Waals surface area contributed by atoms with E-state index >= 15 is 0 Å². The van der Waals surface area contributed by atoms with Gasteiger partial charge in [-0.2, -0.15) is 0 Å². The Balaban J connectivity index is 2.48. The molecule has 2 aromatic rings. The van der Waals surface area contributed by atoms with Crippen LogP contribution in [0.3, 0.4) is 0 Å². The molecule has 0 radical (unpaired) electrons. The van der Waals surface area contributed by atoms with Crippen molar-refractivity contribution in [1.82, 2.24) is 0 Å². The van der Waals surface area contributed by atoms with Crippen LogP contribution in [-0.2, 0) is 15.6 Å². The highest BCUT2D eigenvalue weighted by Crippen LogP contribution is 2.23. The lowest BCUT2D eigenvalue weighted by Gasteiger charge is -2.09. The van der Waals surface area contributed by atoms with Crippen LogP contribution in [0.4, 0.5) is 0 Å². The fraction of sp³-hybridized carbons (Fsp3) is 0.0667. The van der Waals surface area contributed by atoms with Gasteiger partial charge in [0, 0.05) is 0 Å². The van der Waals surface area contributed by atoms with Crippen molar-refractivity contribution in [2.75, 3.05) is 0 Å². The lowest BCUT2D eigenvalue weighted by Crippen LogP contribution is -2.13. The summed E-state index contributed by atoms with van der Waals surface area (Å²) in [7, 11) is -4.00. The van der Waals surface area contributed by atoms with Crippen LogP contribution in [0.25, 0.3) is 0 Å². The number of phenols is 1. The minimum absolute atomic E-state index is 0.0248. The third kappa shape index (κ3) is 3.67. The van der Waals surface area contributed by atoms with Crippen LogP contribution in [0, 0.1) is 0 Å². The second-order valence-electron chi connectivity index (χ2n) is 4.75. The van der Waals surface area contributed by atoms with Gasteiger partial charge in [0.25, 0.3) is 0 Å². The average molecular weight is 336 g/mol. The maximum absolute atomic E-state index is 12.4. The molecule has 0 fully saturated rings. The van der Waals surface area contributed by atoms with Gasteiger partial charge in [0.15, 0.2) is 9.84 Å². The molecule has 120 valence electrons. The van der Waals surface area contributed by atoms with E-state index in [4.69, 9.17) is 10.2 Å². The molecule has 0 bridgehead atoms. The zero-order valence-electron chi connectivity index (χ0n) is 11.6. The lowest BCUT2D eigenvalue weighted by molar-refractivity contribution is 0.0692. The maximum atomic E-state index is 12.4. The summed E-state index contributed by atoms with van der Waals surface area (Å²) in [4.78, 5) is 21.7. The molecule has 23 heavy (non-hydrogen) atoms. The minimum Gasteiger partial charge on any atom is -0.508 e. The summed E-state index contributed by atoms with van der Waals surface area (Å²) < 4.78 is 24.8. The average Bonchev–Trinajstić information content (AvgIpc) is 2.48. The van der Waals surface area contributed by atoms with Gasteiger partial charge < -0.3 is 15.3 Å². The van der Waals surface area contributed by atoms with Crippen molar-refractivity contribution < 1.29 is 33.3 Å². The molecule has 0 aromatic heterocycles. The van der Waals surface area contributed by atoms with Gasteiger partial charge in [0.2, 0.25) is 0 Å². The number of carbonyl (C=O) groups is 2. The molecule has 3 N–H and O–H groups in total. The first-order chi connectivity index (χ1) is 10.7. The van der Waals surface area contributed by atoms with Crippen LogP contribution in [-0.4, -0.2) is 35.7 Å². The number of rotatable bonds is 5. The fourth-order valence-corrected chi connectivity index (χ4v) is 3.53. The quantitative estimate of drug-likeness (QED) is 0.758. The van der Waals surface area contributed by atoms with Gasteiger partial charge in [-0.3, -0.25) is 0 Å². The summed E-state index contributed by atoms with van der Waals surface area (Å²) >= 11 is 0. The van der Waals surface area contributed by atoms with Gasteiger partial charge in [-0.15, -0.1) is 0 Å². The largest absolute Gasteiger partial charge is 0.508 e. The number of phenolic OH excluding ortho intramolecular Hbond substituents is 1. The number of benzene rings is 2. The van der Waals surface area contributed by atoms with Crippen LogP contribution in [0.1, 0.15) is 26.3 Å². The first-order valence-electron chi connectivity index (χ1n) is 6.32. The molecule has 0 saturated heterocycles. The van der Waals surface area contributed by atoms with E-state index in [0.717, 1.165) is 18.2 Å². The van der Waals surface area contributed by atoms with E-state index in [1.807, 2.05) is 0 Å².